The summed E-state index contributed by atoms with van der Waals surface area (Å²) in [6.07, 6.45) is -4.44. The normalized spacial score (nSPS) is 11.6. The molecular formula is C14H11F4N. The van der Waals surface area contributed by atoms with E-state index >= 15 is 0 Å². The van der Waals surface area contributed by atoms with E-state index in [0.29, 0.717) is 5.56 Å². The van der Waals surface area contributed by atoms with E-state index in [0.717, 1.165) is 12.1 Å². The van der Waals surface area contributed by atoms with Crippen molar-refractivity contribution in [1.29, 1.82) is 0 Å². The Morgan fingerprint density at radius 1 is 1.00 bits per heavy atom. The third-order valence-corrected chi connectivity index (χ3v) is 2.77. The molecule has 0 aliphatic rings. The van der Waals surface area contributed by atoms with Crippen molar-refractivity contribution < 1.29 is 17.6 Å². The topological polar surface area (TPSA) is 26.0 Å². The van der Waals surface area contributed by atoms with E-state index < -0.39 is 17.6 Å². The van der Waals surface area contributed by atoms with Gasteiger partial charge in [0.25, 0.3) is 0 Å². The fourth-order valence-electron chi connectivity index (χ4n) is 1.78. The zero-order valence-corrected chi connectivity index (χ0v) is 9.84. The summed E-state index contributed by atoms with van der Waals surface area (Å²) in [4.78, 5) is 0. The molecule has 2 aromatic carbocycles. The van der Waals surface area contributed by atoms with Gasteiger partial charge in [0, 0.05) is 12.1 Å². The highest BCUT2D eigenvalue weighted by Crippen LogP contribution is 2.32. The predicted octanol–water partition coefficient (Wildman–Crippen LogP) is 3.97. The Labute approximate surface area is 107 Å². The van der Waals surface area contributed by atoms with Gasteiger partial charge in [0.15, 0.2) is 0 Å². The van der Waals surface area contributed by atoms with Gasteiger partial charge >= 0.3 is 6.18 Å². The van der Waals surface area contributed by atoms with Crippen LogP contribution in [0.25, 0.3) is 11.1 Å². The van der Waals surface area contributed by atoms with Gasteiger partial charge in [-0.2, -0.15) is 13.2 Å². The van der Waals surface area contributed by atoms with Crippen LogP contribution in [0.15, 0.2) is 42.5 Å². The van der Waals surface area contributed by atoms with Crippen molar-refractivity contribution in [3.63, 3.8) is 0 Å². The number of rotatable bonds is 2. The summed E-state index contributed by atoms with van der Waals surface area (Å²) < 4.78 is 51.6. The minimum atomic E-state index is -4.44. The number of benzene rings is 2. The van der Waals surface area contributed by atoms with Crippen molar-refractivity contribution in [2.75, 3.05) is 0 Å². The molecule has 0 aliphatic carbocycles. The van der Waals surface area contributed by atoms with Gasteiger partial charge in [0.2, 0.25) is 0 Å². The molecule has 2 N–H and O–H groups in total. The fourth-order valence-corrected chi connectivity index (χ4v) is 1.78. The zero-order valence-electron chi connectivity index (χ0n) is 9.84. The van der Waals surface area contributed by atoms with Crippen LogP contribution in [-0.4, -0.2) is 0 Å². The van der Waals surface area contributed by atoms with E-state index in [9.17, 15) is 17.6 Å². The Hall–Kier alpha value is -1.88. The second kappa shape index (κ2) is 5.01. The summed E-state index contributed by atoms with van der Waals surface area (Å²) in [6.45, 7) is 0.180. The lowest BCUT2D eigenvalue weighted by atomic mass is 10.0. The third kappa shape index (κ3) is 2.93. The third-order valence-electron chi connectivity index (χ3n) is 2.77. The highest BCUT2D eigenvalue weighted by molar-refractivity contribution is 5.65. The molecule has 0 amide bonds. The minimum absolute atomic E-state index is 0.128. The molecule has 0 heterocycles. The maximum absolute atomic E-state index is 13.8. The summed E-state index contributed by atoms with van der Waals surface area (Å²) in [5.41, 5.74) is 5.48. The van der Waals surface area contributed by atoms with Gasteiger partial charge in [0.1, 0.15) is 5.82 Å². The smallest absolute Gasteiger partial charge is 0.326 e. The Bertz CT molecular complexity index is 590. The van der Waals surface area contributed by atoms with E-state index in [1.807, 2.05) is 0 Å². The molecule has 2 rings (SSSR count). The van der Waals surface area contributed by atoms with Crippen LogP contribution >= 0.6 is 0 Å². The lowest BCUT2D eigenvalue weighted by molar-refractivity contribution is -0.137. The number of hydrogen-bond acceptors (Lipinski definition) is 1. The molecule has 0 aliphatic heterocycles. The lowest BCUT2D eigenvalue weighted by Crippen LogP contribution is -2.04. The first-order valence-corrected chi connectivity index (χ1v) is 5.58. The van der Waals surface area contributed by atoms with Crippen LogP contribution in [0.5, 0.6) is 0 Å². The van der Waals surface area contributed by atoms with Crippen LogP contribution in [0, 0.1) is 5.82 Å². The predicted molar refractivity (Wildman–Crippen MR) is 64.7 cm³/mol. The lowest BCUT2D eigenvalue weighted by Gasteiger charge is -2.10. The molecule has 0 spiro atoms. The van der Waals surface area contributed by atoms with Gasteiger partial charge < -0.3 is 5.73 Å². The molecule has 100 valence electrons. The second-order valence-electron chi connectivity index (χ2n) is 4.10. The molecule has 1 nitrogen and oxygen atoms in total. The maximum atomic E-state index is 13.8. The molecule has 0 unspecified atom stereocenters. The van der Waals surface area contributed by atoms with Crippen molar-refractivity contribution in [2.24, 2.45) is 5.73 Å². The van der Waals surface area contributed by atoms with Crippen molar-refractivity contribution in [3.8, 4) is 11.1 Å². The molecule has 5 heteroatoms. The molecule has 0 atom stereocenters. The first-order valence-electron chi connectivity index (χ1n) is 5.58. The summed E-state index contributed by atoms with van der Waals surface area (Å²) in [5.74, 6) is -0.581. The Morgan fingerprint density at radius 3 is 2.32 bits per heavy atom. The monoisotopic (exact) mass is 269 g/mol. The molecule has 0 radical (unpaired) electrons. The van der Waals surface area contributed by atoms with E-state index in [-0.39, 0.29) is 17.7 Å². The van der Waals surface area contributed by atoms with Gasteiger partial charge in [-0.15, -0.1) is 0 Å². The van der Waals surface area contributed by atoms with Crippen molar-refractivity contribution in [2.45, 2.75) is 12.7 Å². The van der Waals surface area contributed by atoms with Gasteiger partial charge in [-0.05, 0) is 29.3 Å². The first-order chi connectivity index (χ1) is 8.91. The summed E-state index contributed by atoms with van der Waals surface area (Å²) in [5, 5.41) is 0. The summed E-state index contributed by atoms with van der Waals surface area (Å²) >= 11 is 0. The first kappa shape index (κ1) is 13.5. The van der Waals surface area contributed by atoms with Gasteiger partial charge in [0.05, 0.1) is 5.56 Å². The summed E-state index contributed by atoms with van der Waals surface area (Å²) in [7, 11) is 0. The highest BCUT2D eigenvalue weighted by atomic mass is 19.4. The zero-order chi connectivity index (χ0) is 14.0. The van der Waals surface area contributed by atoms with E-state index in [1.165, 1.54) is 24.3 Å². The Balaban J connectivity index is 2.48. The summed E-state index contributed by atoms with van der Waals surface area (Å²) in [6, 6.07) is 8.85. The quantitative estimate of drug-likeness (QED) is 0.820. The average molecular weight is 269 g/mol. The molecule has 19 heavy (non-hydrogen) atoms. The molecule has 0 saturated heterocycles. The van der Waals surface area contributed by atoms with E-state index in [4.69, 9.17) is 5.73 Å². The van der Waals surface area contributed by atoms with Crippen molar-refractivity contribution >= 4 is 0 Å². The van der Waals surface area contributed by atoms with Crippen LogP contribution < -0.4 is 5.73 Å². The SMILES string of the molecule is NCc1ccc(-c2cccc(C(F)(F)F)c2)c(F)c1. The molecule has 0 fully saturated rings. The molecule has 0 saturated carbocycles. The number of alkyl halides is 3. The van der Waals surface area contributed by atoms with Crippen LogP contribution in [0.3, 0.4) is 0 Å². The van der Waals surface area contributed by atoms with Crippen LogP contribution in [-0.2, 0) is 12.7 Å². The standard InChI is InChI=1S/C14H11F4N/c15-13-6-9(8-19)4-5-12(13)10-2-1-3-11(7-10)14(16,17)18/h1-7H,8,19H2. The number of halogens is 4. The largest absolute Gasteiger partial charge is 0.416 e. The van der Waals surface area contributed by atoms with Gasteiger partial charge in [-0.1, -0.05) is 24.3 Å². The molecule has 2 aromatic rings. The Kier molecular flexibility index (Phi) is 3.57. The maximum Gasteiger partial charge on any atom is 0.416 e. The van der Waals surface area contributed by atoms with Crippen molar-refractivity contribution in [3.05, 3.63) is 59.4 Å². The fraction of sp³-hybridized carbons (Fsp3) is 0.143. The number of nitrogens with two attached hydrogens (primary N) is 1. The number of hydrogen-bond donors (Lipinski definition) is 1. The van der Waals surface area contributed by atoms with Gasteiger partial charge in [-0.25, -0.2) is 4.39 Å². The molecule has 0 bridgehead atoms. The highest BCUT2D eigenvalue weighted by Gasteiger charge is 2.30. The van der Waals surface area contributed by atoms with Crippen LogP contribution in [0.4, 0.5) is 17.6 Å². The van der Waals surface area contributed by atoms with Crippen LogP contribution in [0.2, 0.25) is 0 Å². The minimum Gasteiger partial charge on any atom is -0.326 e. The van der Waals surface area contributed by atoms with Gasteiger partial charge in [-0.3, -0.25) is 0 Å². The van der Waals surface area contributed by atoms with Crippen molar-refractivity contribution in [1.82, 2.24) is 0 Å². The van der Waals surface area contributed by atoms with E-state index in [1.54, 1.807) is 6.07 Å². The second-order valence-corrected chi connectivity index (χ2v) is 4.10. The molecule has 0 aromatic heterocycles. The van der Waals surface area contributed by atoms with E-state index in [2.05, 4.69) is 0 Å². The van der Waals surface area contributed by atoms with Crippen LogP contribution in [0.1, 0.15) is 11.1 Å². The Morgan fingerprint density at radius 2 is 1.74 bits per heavy atom. The average Bonchev–Trinajstić information content (AvgIpc) is 2.37. The molecular weight excluding hydrogens is 258 g/mol.